The van der Waals surface area contributed by atoms with Gasteiger partial charge in [-0.3, -0.25) is 9.59 Å². The van der Waals surface area contributed by atoms with Crippen molar-refractivity contribution in [2.45, 2.75) is 5.92 Å². The second-order valence-corrected chi connectivity index (χ2v) is 8.41. The molecule has 2 aliphatic rings. The van der Waals surface area contributed by atoms with Gasteiger partial charge in [0, 0.05) is 55.8 Å². The molecule has 2 aromatic carbocycles. The van der Waals surface area contributed by atoms with Gasteiger partial charge >= 0.3 is 0 Å². The fraction of sp³-hybridized carbons (Fsp3) is 0.391. The summed E-state index contributed by atoms with van der Waals surface area (Å²) < 4.78 is 0. The van der Waals surface area contributed by atoms with Crippen LogP contribution in [0.2, 0.25) is 5.02 Å². The number of nitrogens with zero attached hydrogens (tertiary/aromatic N) is 3. The Labute approximate surface area is 176 Å². The lowest BCUT2D eigenvalue weighted by atomic mass is 9.88. The molecule has 5 nitrogen and oxygen atoms in total. The van der Waals surface area contributed by atoms with Gasteiger partial charge < -0.3 is 14.7 Å². The summed E-state index contributed by atoms with van der Waals surface area (Å²) in [6, 6.07) is 17.0. The first-order valence-corrected chi connectivity index (χ1v) is 10.5. The van der Waals surface area contributed by atoms with Gasteiger partial charge in [-0.1, -0.05) is 41.9 Å². The van der Waals surface area contributed by atoms with Crippen LogP contribution < -0.4 is 0 Å². The molecule has 2 aromatic rings. The predicted octanol–water partition coefficient (Wildman–Crippen LogP) is 2.97. The Morgan fingerprint density at radius 1 is 0.862 bits per heavy atom. The maximum absolute atomic E-state index is 13.4. The molecule has 4 rings (SSSR count). The number of piperazine rings is 1. The van der Waals surface area contributed by atoms with Crippen molar-refractivity contribution in [2.75, 3.05) is 46.3 Å². The van der Waals surface area contributed by atoms with E-state index in [1.54, 1.807) is 24.3 Å². The SMILES string of the molecule is CN1CCN(C(=O)C2CN(C(=O)c3ccc(Cl)cc3)CC2c2ccccc2)CC1. The summed E-state index contributed by atoms with van der Waals surface area (Å²) in [7, 11) is 2.08. The highest BCUT2D eigenvalue weighted by Crippen LogP contribution is 2.35. The van der Waals surface area contributed by atoms with Crippen LogP contribution in [0.3, 0.4) is 0 Å². The van der Waals surface area contributed by atoms with E-state index in [2.05, 4.69) is 24.1 Å². The normalized spacial score (nSPS) is 22.7. The van der Waals surface area contributed by atoms with Crippen molar-refractivity contribution in [1.82, 2.24) is 14.7 Å². The first-order valence-electron chi connectivity index (χ1n) is 10.1. The summed E-state index contributed by atoms with van der Waals surface area (Å²) in [6.45, 7) is 4.28. The molecule has 2 aliphatic heterocycles. The van der Waals surface area contributed by atoms with Crippen LogP contribution in [0, 0.1) is 5.92 Å². The van der Waals surface area contributed by atoms with E-state index in [1.807, 2.05) is 28.0 Å². The maximum atomic E-state index is 13.4. The van der Waals surface area contributed by atoms with Gasteiger partial charge in [-0.25, -0.2) is 0 Å². The Morgan fingerprint density at radius 3 is 2.17 bits per heavy atom. The fourth-order valence-corrected chi connectivity index (χ4v) is 4.42. The molecule has 6 heteroatoms. The monoisotopic (exact) mass is 411 g/mol. The molecule has 0 spiro atoms. The summed E-state index contributed by atoms with van der Waals surface area (Å²) in [4.78, 5) is 32.5. The van der Waals surface area contributed by atoms with Crippen LogP contribution in [0.5, 0.6) is 0 Å². The van der Waals surface area contributed by atoms with E-state index in [1.165, 1.54) is 0 Å². The fourth-order valence-electron chi connectivity index (χ4n) is 4.29. The van der Waals surface area contributed by atoms with Crippen LogP contribution in [-0.2, 0) is 4.79 Å². The standard InChI is InChI=1S/C23H26ClN3O2/c1-25-11-13-26(14-12-25)23(29)21-16-27(15-20(21)17-5-3-2-4-6-17)22(28)18-7-9-19(24)10-8-18/h2-10,20-21H,11-16H2,1H3. The third kappa shape index (κ3) is 4.31. The summed E-state index contributed by atoms with van der Waals surface area (Å²) in [5.41, 5.74) is 1.72. The number of likely N-dealkylation sites (tertiary alicyclic amines) is 1. The zero-order chi connectivity index (χ0) is 20.4. The number of hydrogen-bond donors (Lipinski definition) is 0. The van der Waals surface area contributed by atoms with Crippen LogP contribution in [0.25, 0.3) is 0 Å². The summed E-state index contributed by atoms with van der Waals surface area (Å²) >= 11 is 5.96. The largest absolute Gasteiger partial charge is 0.340 e. The van der Waals surface area contributed by atoms with Crippen LogP contribution in [0.4, 0.5) is 0 Å². The van der Waals surface area contributed by atoms with E-state index in [-0.39, 0.29) is 23.7 Å². The number of hydrogen-bond acceptors (Lipinski definition) is 3. The zero-order valence-corrected chi connectivity index (χ0v) is 17.4. The summed E-state index contributed by atoms with van der Waals surface area (Å²) in [5.74, 6) is -0.0775. The molecule has 2 saturated heterocycles. The molecule has 0 radical (unpaired) electrons. The molecule has 0 saturated carbocycles. The van der Waals surface area contributed by atoms with Gasteiger partial charge in [-0.05, 0) is 36.9 Å². The van der Waals surface area contributed by atoms with E-state index in [0.717, 1.165) is 31.7 Å². The third-order valence-electron chi connectivity index (χ3n) is 6.06. The lowest BCUT2D eigenvalue weighted by Gasteiger charge is -2.35. The number of carbonyl (C=O) groups excluding carboxylic acids is 2. The van der Waals surface area contributed by atoms with E-state index < -0.39 is 0 Å². The van der Waals surface area contributed by atoms with Gasteiger partial charge in [-0.2, -0.15) is 0 Å². The lowest BCUT2D eigenvalue weighted by Crippen LogP contribution is -2.50. The van der Waals surface area contributed by atoms with Gasteiger partial charge in [0.25, 0.3) is 5.91 Å². The Balaban J connectivity index is 1.57. The smallest absolute Gasteiger partial charge is 0.253 e. The minimum Gasteiger partial charge on any atom is -0.340 e. The Bertz CT molecular complexity index is 863. The number of halogens is 1. The first kappa shape index (κ1) is 19.9. The van der Waals surface area contributed by atoms with Crippen molar-refractivity contribution in [3.8, 4) is 0 Å². The van der Waals surface area contributed by atoms with Gasteiger partial charge in [-0.15, -0.1) is 0 Å². The van der Waals surface area contributed by atoms with Gasteiger partial charge in [0.1, 0.15) is 0 Å². The zero-order valence-electron chi connectivity index (χ0n) is 16.6. The number of likely N-dealkylation sites (N-methyl/N-ethyl adjacent to an activating group) is 1. The molecule has 0 aliphatic carbocycles. The molecule has 0 aromatic heterocycles. The van der Waals surface area contributed by atoms with Crippen molar-refractivity contribution < 1.29 is 9.59 Å². The highest BCUT2D eigenvalue weighted by molar-refractivity contribution is 6.30. The van der Waals surface area contributed by atoms with E-state index in [9.17, 15) is 9.59 Å². The predicted molar refractivity (Wildman–Crippen MR) is 114 cm³/mol. The van der Waals surface area contributed by atoms with Crippen molar-refractivity contribution >= 4 is 23.4 Å². The molecule has 2 fully saturated rings. The molecular weight excluding hydrogens is 386 g/mol. The molecule has 2 unspecified atom stereocenters. The number of carbonyl (C=O) groups is 2. The second kappa shape index (κ2) is 8.56. The molecule has 0 N–H and O–H groups in total. The van der Waals surface area contributed by atoms with Gasteiger partial charge in [0.2, 0.25) is 5.91 Å². The maximum Gasteiger partial charge on any atom is 0.253 e. The van der Waals surface area contributed by atoms with Crippen molar-refractivity contribution in [2.24, 2.45) is 5.92 Å². The summed E-state index contributed by atoms with van der Waals surface area (Å²) in [6.07, 6.45) is 0. The van der Waals surface area contributed by atoms with Crippen molar-refractivity contribution in [1.29, 1.82) is 0 Å². The van der Waals surface area contributed by atoms with Crippen LogP contribution >= 0.6 is 11.6 Å². The van der Waals surface area contributed by atoms with Crippen molar-refractivity contribution in [3.05, 3.63) is 70.7 Å². The van der Waals surface area contributed by atoms with Gasteiger partial charge in [0.05, 0.1) is 5.92 Å². The molecule has 29 heavy (non-hydrogen) atoms. The third-order valence-corrected chi connectivity index (χ3v) is 6.31. The average molecular weight is 412 g/mol. The Morgan fingerprint density at radius 2 is 1.52 bits per heavy atom. The van der Waals surface area contributed by atoms with Crippen molar-refractivity contribution in [3.63, 3.8) is 0 Å². The molecule has 2 atom stereocenters. The summed E-state index contributed by atoms with van der Waals surface area (Å²) in [5, 5.41) is 0.605. The molecule has 0 bridgehead atoms. The number of benzene rings is 2. The van der Waals surface area contributed by atoms with Crippen LogP contribution in [0.1, 0.15) is 21.8 Å². The van der Waals surface area contributed by atoms with Crippen LogP contribution in [-0.4, -0.2) is 72.8 Å². The van der Waals surface area contributed by atoms with Crippen LogP contribution in [0.15, 0.2) is 54.6 Å². The highest BCUT2D eigenvalue weighted by Gasteiger charge is 2.42. The average Bonchev–Trinajstić information content (AvgIpc) is 3.20. The van der Waals surface area contributed by atoms with Gasteiger partial charge in [0.15, 0.2) is 0 Å². The molecular formula is C23H26ClN3O2. The second-order valence-electron chi connectivity index (χ2n) is 7.97. The quantitative estimate of drug-likeness (QED) is 0.779. The molecule has 2 heterocycles. The topological polar surface area (TPSA) is 43.9 Å². The van der Waals surface area contributed by atoms with E-state index in [0.29, 0.717) is 23.7 Å². The minimum absolute atomic E-state index is 0.0135. The number of rotatable bonds is 3. The molecule has 2 amide bonds. The first-order chi connectivity index (χ1) is 14.0. The Kier molecular flexibility index (Phi) is 5.88. The number of amides is 2. The van der Waals surface area contributed by atoms with E-state index >= 15 is 0 Å². The molecule has 152 valence electrons. The lowest BCUT2D eigenvalue weighted by molar-refractivity contribution is -0.137. The minimum atomic E-state index is -0.211. The highest BCUT2D eigenvalue weighted by atomic mass is 35.5. The Hall–Kier alpha value is -2.37. The van der Waals surface area contributed by atoms with E-state index in [4.69, 9.17) is 11.6 Å².